The first-order valence-corrected chi connectivity index (χ1v) is 8.01. The molecule has 1 fully saturated rings. The molecular weight excluding hydrogens is 320 g/mol. The van der Waals surface area contributed by atoms with Crippen molar-refractivity contribution in [2.45, 2.75) is 12.8 Å². The van der Waals surface area contributed by atoms with E-state index in [2.05, 4.69) is 10.5 Å². The highest BCUT2D eigenvalue weighted by molar-refractivity contribution is 6.01. The van der Waals surface area contributed by atoms with Gasteiger partial charge in [0.15, 0.2) is 5.76 Å². The number of hydrogen-bond acceptors (Lipinski definition) is 5. The zero-order valence-electron chi connectivity index (χ0n) is 13.3. The summed E-state index contributed by atoms with van der Waals surface area (Å²) in [4.78, 5) is 12.3. The van der Waals surface area contributed by atoms with E-state index in [0.29, 0.717) is 22.7 Å². The molecule has 0 bridgehead atoms. The van der Waals surface area contributed by atoms with E-state index >= 15 is 0 Å². The molecule has 3 aromatic rings. The van der Waals surface area contributed by atoms with Crippen molar-refractivity contribution in [3.05, 3.63) is 48.5 Å². The lowest BCUT2D eigenvalue weighted by Gasteiger charge is -2.07. The fourth-order valence-electron chi connectivity index (χ4n) is 2.60. The van der Waals surface area contributed by atoms with E-state index in [1.807, 2.05) is 0 Å². The van der Waals surface area contributed by atoms with Gasteiger partial charge in [-0.1, -0.05) is 5.16 Å². The van der Waals surface area contributed by atoms with Crippen LogP contribution < -0.4 is 5.32 Å². The number of aromatic hydroxyl groups is 2. The zero-order chi connectivity index (χ0) is 17.4. The van der Waals surface area contributed by atoms with Gasteiger partial charge in [0.2, 0.25) is 5.91 Å². The number of aromatic nitrogens is 1. The Morgan fingerprint density at radius 2 is 1.52 bits per heavy atom. The normalized spacial score (nSPS) is 13.6. The summed E-state index contributed by atoms with van der Waals surface area (Å²) in [6, 6.07) is 13.0. The minimum absolute atomic E-state index is 0.0373. The van der Waals surface area contributed by atoms with Crippen LogP contribution in [0.2, 0.25) is 0 Å². The highest BCUT2D eigenvalue weighted by Gasteiger charge is 2.32. The maximum atomic E-state index is 12.3. The molecule has 4 rings (SSSR count). The first-order valence-electron chi connectivity index (χ1n) is 8.01. The Labute approximate surface area is 143 Å². The van der Waals surface area contributed by atoms with Crippen LogP contribution in [-0.2, 0) is 4.79 Å². The molecule has 6 heteroatoms. The first kappa shape index (κ1) is 15.3. The van der Waals surface area contributed by atoms with E-state index in [1.54, 1.807) is 48.5 Å². The Bertz CT molecular complexity index is 847. The van der Waals surface area contributed by atoms with E-state index in [0.717, 1.165) is 18.4 Å². The van der Waals surface area contributed by atoms with Gasteiger partial charge in [-0.15, -0.1) is 0 Å². The average molecular weight is 336 g/mol. The Balaban J connectivity index is 1.79. The van der Waals surface area contributed by atoms with E-state index < -0.39 is 0 Å². The van der Waals surface area contributed by atoms with Crippen LogP contribution in [0, 0.1) is 5.92 Å². The minimum Gasteiger partial charge on any atom is -0.508 e. The topological polar surface area (TPSA) is 95.6 Å². The highest BCUT2D eigenvalue weighted by Crippen LogP contribution is 2.39. The van der Waals surface area contributed by atoms with E-state index in [1.165, 1.54) is 0 Å². The SMILES string of the molecule is O=C(Nc1c(-c2ccc(O)cc2)noc1-c1ccc(O)cc1)C1CC1. The van der Waals surface area contributed by atoms with Gasteiger partial charge in [-0.3, -0.25) is 4.79 Å². The van der Waals surface area contributed by atoms with Gasteiger partial charge in [-0.05, 0) is 61.4 Å². The summed E-state index contributed by atoms with van der Waals surface area (Å²) in [7, 11) is 0. The molecule has 0 saturated heterocycles. The third kappa shape index (κ3) is 3.06. The molecule has 0 unspecified atom stereocenters. The minimum atomic E-state index is -0.0525. The molecule has 0 spiro atoms. The summed E-state index contributed by atoms with van der Waals surface area (Å²) in [5.74, 6) is 0.704. The number of hydrogen-bond donors (Lipinski definition) is 3. The second kappa shape index (κ2) is 5.98. The Kier molecular flexibility index (Phi) is 3.65. The van der Waals surface area contributed by atoms with Crippen LogP contribution in [0.3, 0.4) is 0 Å². The van der Waals surface area contributed by atoms with Gasteiger partial charge >= 0.3 is 0 Å². The molecule has 126 valence electrons. The largest absolute Gasteiger partial charge is 0.508 e. The summed E-state index contributed by atoms with van der Waals surface area (Å²) < 4.78 is 5.50. The van der Waals surface area contributed by atoms with Crippen molar-refractivity contribution >= 4 is 11.6 Å². The molecule has 2 aromatic carbocycles. The molecule has 1 aromatic heterocycles. The molecule has 1 amide bonds. The number of nitrogens with one attached hydrogen (secondary N) is 1. The molecule has 0 aliphatic heterocycles. The number of amides is 1. The first-order chi connectivity index (χ1) is 12.1. The number of rotatable bonds is 4. The van der Waals surface area contributed by atoms with Gasteiger partial charge in [0.1, 0.15) is 22.9 Å². The van der Waals surface area contributed by atoms with Crippen LogP contribution in [0.1, 0.15) is 12.8 Å². The third-order valence-corrected chi connectivity index (χ3v) is 4.16. The molecule has 1 aliphatic rings. The molecule has 1 heterocycles. The van der Waals surface area contributed by atoms with Crippen LogP contribution in [0.4, 0.5) is 5.69 Å². The van der Waals surface area contributed by atoms with E-state index in [9.17, 15) is 15.0 Å². The van der Waals surface area contributed by atoms with Crippen LogP contribution in [-0.4, -0.2) is 21.3 Å². The van der Waals surface area contributed by atoms with Crippen LogP contribution in [0.15, 0.2) is 53.1 Å². The monoisotopic (exact) mass is 336 g/mol. The lowest BCUT2D eigenvalue weighted by atomic mass is 10.1. The summed E-state index contributed by atoms with van der Waals surface area (Å²) in [5, 5.41) is 26.0. The van der Waals surface area contributed by atoms with Gasteiger partial charge in [-0.2, -0.15) is 0 Å². The molecule has 6 nitrogen and oxygen atoms in total. The van der Waals surface area contributed by atoms with Gasteiger partial charge in [0.25, 0.3) is 0 Å². The molecular formula is C19H16N2O4. The fraction of sp³-hybridized carbons (Fsp3) is 0.158. The summed E-state index contributed by atoms with van der Waals surface area (Å²) >= 11 is 0. The predicted octanol–water partition coefficient (Wildman–Crippen LogP) is 3.77. The van der Waals surface area contributed by atoms with Crippen molar-refractivity contribution < 1.29 is 19.5 Å². The van der Waals surface area contributed by atoms with Crippen molar-refractivity contribution in [3.63, 3.8) is 0 Å². The standard InChI is InChI=1S/C19H16N2O4/c22-14-7-3-11(4-8-14)16-17(20-19(24)13-1-2-13)18(25-21-16)12-5-9-15(23)10-6-12/h3-10,13,22-23H,1-2H2,(H,20,24). The number of phenolic OH excluding ortho intramolecular Hbond substituents is 2. The molecule has 0 atom stereocenters. The molecule has 1 aliphatic carbocycles. The number of anilines is 1. The summed E-state index contributed by atoms with van der Waals surface area (Å²) in [6.07, 6.45) is 1.78. The number of benzene rings is 2. The predicted molar refractivity (Wildman–Crippen MR) is 92.1 cm³/mol. The van der Waals surface area contributed by atoms with E-state index in [-0.39, 0.29) is 23.3 Å². The van der Waals surface area contributed by atoms with Crippen LogP contribution >= 0.6 is 0 Å². The van der Waals surface area contributed by atoms with Crippen LogP contribution in [0.5, 0.6) is 11.5 Å². The smallest absolute Gasteiger partial charge is 0.227 e. The zero-order valence-corrected chi connectivity index (χ0v) is 13.3. The second-order valence-electron chi connectivity index (χ2n) is 6.09. The third-order valence-electron chi connectivity index (χ3n) is 4.16. The number of phenols is 2. The maximum Gasteiger partial charge on any atom is 0.227 e. The molecule has 25 heavy (non-hydrogen) atoms. The summed E-state index contributed by atoms with van der Waals surface area (Å²) in [6.45, 7) is 0. The van der Waals surface area contributed by atoms with Crippen molar-refractivity contribution in [1.82, 2.24) is 5.16 Å². The lowest BCUT2D eigenvalue weighted by Crippen LogP contribution is -2.14. The molecule has 3 N–H and O–H groups in total. The number of nitrogens with zero attached hydrogens (tertiary/aromatic N) is 1. The number of carbonyl (C=O) groups excluding carboxylic acids is 1. The Morgan fingerprint density at radius 1 is 0.960 bits per heavy atom. The highest BCUT2D eigenvalue weighted by atomic mass is 16.5. The quantitative estimate of drug-likeness (QED) is 0.674. The molecule has 0 radical (unpaired) electrons. The van der Waals surface area contributed by atoms with Gasteiger partial charge in [-0.25, -0.2) is 0 Å². The van der Waals surface area contributed by atoms with Crippen molar-refractivity contribution in [2.75, 3.05) is 5.32 Å². The Hall–Kier alpha value is -3.28. The second-order valence-corrected chi connectivity index (χ2v) is 6.09. The van der Waals surface area contributed by atoms with Gasteiger partial charge in [0.05, 0.1) is 0 Å². The van der Waals surface area contributed by atoms with Crippen LogP contribution in [0.25, 0.3) is 22.6 Å². The fourth-order valence-corrected chi connectivity index (χ4v) is 2.60. The summed E-state index contributed by atoms with van der Waals surface area (Å²) in [5.41, 5.74) is 2.41. The lowest BCUT2D eigenvalue weighted by molar-refractivity contribution is -0.117. The maximum absolute atomic E-state index is 12.3. The average Bonchev–Trinajstić information content (AvgIpc) is 3.39. The van der Waals surface area contributed by atoms with Crippen molar-refractivity contribution in [3.8, 4) is 34.1 Å². The van der Waals surface area contributed by atoms with Gasteiger partial charge < -0.3 is 20.1 Å². The van der Waals surface area contributed by atoms with Crippen molar-refractivity contribution in [1.29, 1.82) is 0 Å². The molecule has 1 saturated carbocycles. The van der Waals surface area contributed by atoms with E-state index in [4.69, 9.17) is 4.52 Å². The Morgan fingerprint density at radius 3 is 2.08 bits per heavy atom. The number of carbonyl (C=O) groups is 1. The van der Waals surface area contributed by atoms with Crippen molar-refractivity contribution in [2.24, 2.45) is 5.92 Å². The van der Waals surface area contributed by atoms with Gasteiger partial charge in [0, 0.05) is 17.0 Å².